The van der Waals surface area contributed by atoms with Gasteiger partial charge in [0.05, 0.1) is 13.7 Å². The lowest BCUT2D eigenvalue weighted by Gasteiger charge is -2.09. The highest BCUT2D eigenvalue weighted by Gasteiger charge is 2.24. The molecule has 0 fully saturated rings. The molecule has 150 valence electrons. The number of cyclic esters (lactones) is 1. The van der Waals surface area contributed by atoms with Crippen molar-refractivity contribution in [3.8, 4) is 17.2 Å². The molecular weight excluding hydrogens is 376 g/mol. The van der Waals surface area contributed by atoms with Crippen LogP contribution in [0.25, 0.3) is 6.08 Å². The molecule has 1 aliphatic heterocycles. The SMILES string of the molecule is CCOc1ccc(C2=N/C(=C\c3ccc(OCC(N)=O)c(OC)c3)C(=O)O2)cc1. The van der Waals surface area contributed by atoms with Crippen LogP contribution < -0.4 is 19.9 Å². The van der Waals surface area contributed by atoms with Gasteiger partial charge < -0.3 is 24.7 Å². The number of amides is 1. The second-order valence-electron chi connectivity index (χ2n) is 5.96. The Labute approximate surface area is 167 Å². The van der Waals surface area contributed by atoms with E-state index in [-0.39, 0.29) is 18.2 Å². The highest BCUT2D eigenvalue weighted by Crippen LogP contribution is 2.30. The zero-order valence-corrected chi connectivity index (χ0v) is 16.0. The number of aliphatic imine (C=N–C) groups is 1. The van der Waals surface area contributed by atoms with Crippen molar-refractivity contribution in [3.63, 3.8) is 0 Å². The predicted molar refractivity (Wildman–Crippen MR) is 106 cm³/mol. The molecule has 0 aromatic heterocycles. The Balaban J connectivity index is 1.82. The van der Waals surface area contributed by atoms with Gasteiger partial charge in [-0.25, -0.2) is 9.79 Å². The fraction of sp³-hybridized carbons (Fsp3) is 0.190. The van der Waals surface area contributed by atoms with Crippen molar-refractivity contribution in [2.75, 3.05) is 20.3 Å². The Bertz CT molecular complexity index is 979. The maximum Gasteiger partial charge on any atom is 0.363 e. The van der Waals surface area contributed by atoms with Crippen LogP contribution in [-0.4, -0.2) is 38.1 Å². The van der Waals surface area contributed by atoms with Crippen LogP contribution >= 0.6 is 0 Å². The molecule has 0 atom stereocenters. The summed E-state index contributed by atoms with van der Waals surface area (Å²) in [6.07, 6.45) is 1.57. The topological polar surface area (TPSA) is 109 Å². The van der Waals surface area contributed by atoms with Crippen LogP contribution in [0.2, 0.25) is 0 Å². The van der Waals surface area contributed by atoms with E-state index in [0.717, 1.165) is 5.75 Å². The lowest BCUT2D eigenvalue weighted by atomic mass is 10.1. The average molecular weight is 396 g/mol. The number of benzene rings is 2. The van der Waals surface area contributed by atoms with Gasteiger partial charge in [0.1, 0.15) is 5.75 Å². The lowest BCUT2D eigenvalue weighted by molar-refractivity contribution is -0.130. The Morgan fingerprint density at radius 3 is 2.55 bits per heavy atom. The number of primary amides is 1. The van der Waals surface area contributed by atoms with E-state index in [1.807, 2.05) is 6.92 Å². The van der Waals surface area contributed by atoms with Crippen molar-refractivity contribution in [2.24, 2.45) is 10.7 Å². The van der Waals surface area contributed by atoms with E-state index < -0.39 is 11.9 Å². The second kappa shape index (κ2) is 8.92. The summed E-state index contributed by atoms with van der Waals surface area (Å²) in [6.45, 7) is 2.20. The molecule has 0 bridgehead atoms. The fourth-order valence-corrected chi connectivity index (χ4v) is 2.59. The van der Waals surface area contributed by atoms with Gasteiger partial charge in [0.25, 0.3) is 5.91 Å². The first kappa shape index (κ1) is 19.9. The van der Waals surface area contributed by atoms with Crippen LogP contribution in [0.5, 0.6) is 17.2 Å². The first-order chi connectivity index (χ1) is 14.0. The summed E-state index contributed by atoms with van der Waals surface area (Å²) in [6, 6.07) is 12.1. The fourth-order valence-electron chi connectivity index (χ4n) is 2.59. The number of carbonyl (C=O) groups excluding carboxylic acids is 2. The Morgan fingerprint density at radius 2 is 1.90 bits per heavy atom. The predicted octanol–water partition coefficient (Wildman–Crippen LogP) is 2.30. The number of nitrogens with zero attached hydrogens (tertiary/aromatic N) is 1. The largest absolute Gasteiger partial charge is 0.494 e. The van der Waals surface area contributed by atoms with Gasteiger partial charge in [0.2, 0.25) is 5.90 Å². The van der Waals surface area contributed by atoms with Crippen molar-refractivity contribution in [3.05, 3.63) is 59.3 Å². The zero-order chi connectivity index (χ0) is 20.8. The van der Waals surface area contributed by atoms with Gasteiger partial charge in [-0.05, 0) is 55.0 Å². The molecule has 1 amide bonds. The van der Waals surface area contributed by atoms with E-state index in [4.69, 9.17) is 24.7 Å². The molecule has 2 aromatic rings. The third kappa shape index (κ3) is 4.92. The van der Waals surface area contributed by atoms with Crippen LogP contribution in [0.3, 0.4) is 0 Å². The first-order valence-corrected chi connectivity index (χ1v) is 8.85. The highest BCUT2D eigenvalue weighted by atomic mass is 16.6. The number of ether oxygens (including phenoxy) is 4. The average Bonchev–Trinajstić information content (AvgIpc) is 3.08. The number of methoxy groups -OCH3 is 1. The van der Waals surface area contributed by atoms with E-state index in [0.29, 0.717) is 29.2 Å². The Kier molecular flexibility index (Phi) is 6.13. The summed E-state index contributed by atoms with van der Waals surface area (Å²) in [4.78, 5) is 27.4. The second-order valence-corrected chi connectivity index (χ2v) is 5.96. The molecule has 2 N–H and O–H groups in total. The maximum absolute atomic E-state index is 12.2. The van der Waals surface area contributed by atoms with Crippen LogP contribution in [0, 0.1) is 0 Å². The van der Waals surface area contributed by atoms with Gasteiger partial charge in [-0.15, -0.1) is 0 Å². The first-order valence-electron chi connectivity index (χ1n) is 8.85. The number of hydrogen-bond donors (Lipinski definition) is 1. The van der Waals surface area contributed by atoms with Gasteiger partial charge in [-0.2, -0.15) is 0 Å². The van der Waals surface area contributed by atoms with Gasteiger partial charge in [0.15, 0.2) is 23.8 Å². The van der Waals surface area contributed by atoms with Gasteiger partial charge in [0, 0.05) is 5.56 Å². The molecule has 1 heterocycles. The van der Waals surface area contributed by atoms with Crippen molar-refractivity contribution in [2.45, 2.75) is 6.92 Å². The van der Waals surface area contributed by atoms with Gasteiger partial charge in [-0.3, -0.25) is 4.79 Å². The maximum atomic E-state index is 12.2. The van der Waals surface area contributed by atoms with Crippen LogP contribution in [0.15, 0.2) is 53.2 Å². The number of esters is 1. The minimum absolute atomic E-state index is 0.154. The normalized spacial score (nSPS) is 14.3. The zero-order valence-electron chi connectivity index (χ0n) is 16.0. The minimum atomic E-state index is -0.594. The van der Waals surface area contributed by atoms with Crippen molar-refractivity contribution < 1.29 is 28.5 Å². The number of rotatable bonds is 8. The third-order valence-electron chi connectivity index (χ3n) is 3.89. The molecule has 3 rings (SSSR count). The van der Waals surface area contributed by atoms with Gasteiger partial charge >= 0.3 is 5.97 Å². The monoisotopic (exact) mass is 396 g/mol. The molecule has 0 saturated carbocycles. The van der Waals surface area contributed by atoms with Crippen LogP contribution in [-0.2, 0) is 14.3 Å². The number of nitrogens with two attached hydrogens (primary N) is 1. The lowest BCUT2D eigenvalue weighted by Crippen LogP contribution is -2.20. The summed E-state index contributed by atoms with van der Waals surface area (Å²) in [5.41, 5.74) is 6.55. The number of hydrogen-bond acceptors (Lipinski definition) is 7. The molecule has 2 aromatic carbocycles. The van der Waals surface area contributed by atoms with Crippen molar-refractivity contribution in [1.82, 2.24) is 0 Å². The Hall–Kier alpha value is -3.81. The summed E-state index contributed by atoms with van der Waals surface area (Å²) >= 11 is 0. The molecule has 29 heavy (non-hydrogen) atoms. The van der Waals surface area contributed by atoms with E-state index in [1.54, 1.807) is 48.5 Å². The summed E-state index contributed by atoms with van der Waals surface area (Å²) in [5.74, 6) is 0.550. The third-order valence-corrected chi connectivity index (χ3v) is 3.89. The molecule has 1 aliphatic rings. The van der Waals surface area contributed by atoms with Crippen LogP contribution in [0.4, 0.5) is 0 Å². The van der Waals surface area contributed by atoms with Crippen LogP contribution in [0.1, 0.15) is 18.1 Å². The summed E-state index contributed by atoms with van der Waals surface area (Å²) in [7, 11) is 1.47. The van der Waals surface area contributed by atoms with Gasteiger partial charge in [-0.1, -0.05) is 6.07 Å². The molecule has 0 aliphatic carbocycles. The van der Waals surface area contributed by atoms with E-state index >= 15 is 0 Å². The molecule has 8 heteroatoms. The van der Waals surface area contributed by atoms with Crippen molar-refractivity contribution in [1.29, 1.82) is 0 Å². The highest BCUT2D eigenvalue weighted by molar-refractivity contribution is 6.12. The molecule has 0 radical (unpaired) electrons. The number of carbonyl (C=O) groups is 2. The Morgan fingerprint density at radius 1 is 1.14 bits per heavy atom. The quantitative estimate of drug-likeness (QED) is 0.542. The molecule has 0 saturated heterocycles. The molecule has 8 nitrogen and oxygen atoms in total. The van der Waals surface area contributed by atoms with E-state index in [2.05, 4.69) is 4.99 Å². The summed E-state index contributed by atoms with van der Waals surface area (Å²) < 4.78 is 21.2. The molecule has 0 spiro atoms. The van der Waals surface area contributed by atoms with E-state index in [9.17, 15) is 9.59 Å². The minimum Gasteiger partial charge on any atom is -0.494 e. The standard InChI is InChI=1S/C21H20N2O6/c1-3-27-15-7-5-14(6-8-15)20-23-16(21(25)29-20)10-13-4-9-17(18(11-13)26-2)28-12-19(22)24/h4-11H,3,12H2,1-2H3,(H2,22,24)/b16-10-. The van der Waals surface area contributed by atoms with Crippen molar-refractivity contribution >= 4 is 23.9 Å². The molecule has 0 unspecified atom stereocenters. The summed E-state index contributed by atoms with van der Waals surface area (Å²) in [5, 5.41) is 0. The van der Waals surface area contributed by atoms with E-state index in [1.165, 1.54) is 7.11 Å². The molecular formula is C21H20N2O6. The smallest absolute Gasteiger partial charge is 0.363 e.